The van der Waals surface area contributed by atoms with E-state index in [1.165, 1.54) is 12.7 Å². The van der Waals surface area contributed by atoms with Crippen molar-refractivity contribution in [1.82, 2.24) is 0 Å². The molecular formula is C23H28O4. The normalized spacial score (nSPS) is 18.4. The van der Waals surface area contributed by atoms with Gasteiger partial charge in [-0.2, -0.15) is 0 Å². The Morgan fingerprint density at radius 2 is 1.81 bits per heavy atom. The van der Waals surface area contributed by atoms with Crippen molar-refractivity contribution >= 4 is 5.97 Å². The van der Waals surface area contributed by atoms with Crippen molar-refractivity contribution in [3.05, 3.63) is 58.1 Å². The van der Waals surface area contributed by atoms with Gasteiger partial charge in [0.05, 0.1) is 13.5 Å². The predicted molar refractivity (Wildman–Crippen MR) is 105 cm³/mol. The zero-order chi connectivity index (χ0) is 19.6. The fourth-order valence-electron chi connectivity index (χ4n) is 3.73. The lowest BCUT2D eigenvalue weighted by atomic mass is 9.85. The summed E-state index contributed by atoms with van der Waals surface area (Å²) >= 11 is 0. The molecule has 0 aromatic heterocycles. The summed E-state index contributed by atoms with van der Waals surface area (Å²) in [7, 11) is 1.42. The van der Waals surface area contributed by atoms with E-state index in [-0.39, 0.29) is 12.4 Å². The van der Waals surface area contributed by atoms with Crippen LogP contribution in [0.1, 0.15) is 47.6 Å². The molecule has 0 saturated heterocycles. The van der Waals surface area contributed by atoms with E-state index >= 15 is 0 Å². The maximum atomic E-state index is 11.8. The smallest absolute Gasteiger partial charge is 0.309 e. The first-order chi connectivity index (χ1) is 12.8. The molecule has 0 spiro atoms. The topological polar surface area (TPSA) is 44.8 Å². The van der Waals surface area contributed by atoms with Gasteiger partial charge in [-0.05, 0) is 62.8 Å². The molecule has 1 aliphatic heterocycles. The molecule has 1 atom stereocenters. The zero-order valence-electron chi connectivity index (χ0n) is 16.8. The van der Waals surface area contributed by atoms with Crippen LogP contribution in [0.3, 0.4) is 0 Å². The van der Waals surface area contributed by atoms with Gasteiger partial charge in [-0.1, -0.05) is 30.3 Å². The minimum absolute atomic E-state index is 0.241. The molecule has 1 unspecified atom stereocenters. The molecule has 4 heteroatoms. The molecule has 2 aromatic carbocycles. The van der Waals surface area contributed by atoms with E-state index in [2.05, 4.69) is 32.9 Å². The Labute approximate surface area is 161 Å². The second kappa shape index (κ2) is 7.63. The quantitative estimate of drug-likeness (QED) is 0.709. The highest BCUT2D eigenvalue weighted by Crippen LogP contribution is 2.44. The number of hydrogen-bond donors (Lipinski definition) is 0. The summed E-state index contributed by atoms with van der Waals surface area (Å²) in [5, 5.41) is 0. The van der Waals surface area contributed by atoms with E-state index in [4.69, 9.17) is 14.2 Å². The molecule has 2 aromatic rings. The third kappa shape index (κ3) is 3.95. The first-order valence-electron chi connectivity index (χ1n) is 9.40. The molecule has 1 aliphatic rings. The Kier molecular flexibility index (Phi) is 5.45. The first-order valence-corrected chi connectivity index (χ1v) is 9.40. The average molecular weight is 368 g/mol. The van der Waals surface area contributed by atoms with E-state index in [1.807, 2.05) is 25.1 Å². The summed E-state index contributed by atoms with van der Waals surface area (Å²) in [5.74, 6) is 1.60. The highest BCUT2D eigenvalue weighted by atomic mass is 16.5. The molecule has 1 heterocycles. The number of fused-ring (bicyclic) bond motifs is 1. The van der Waals surface area contributed by atoms with Gasteiger partial charge in [0, 0.05) is 5.56 Å². The monoisotopic (exact) mass is 368 g/mol. The van der Waals surface area contributed by atoms with Crippen molar-refractivity contribution in [1.29, 1.82) is 0 Å². The van der Waals surface area contributed by atoms with Crippen LogP contribution in [0.15, 0.2) is 30.3 Å². The number of methoxy groups -OCH3 is 1. The number of ether oxygens (including phenoxy) is 3. The van der Waals surface area contributed by atoms with Crippen LogP contribution in [0.4, 0.5) is 0 Å². The van der Waals surface area contributed by atoms with Crippen molar-refractivity contribution in [2.24, 2.45) is 0 Å². The van der Waals surface area contributed by atoms with Gasteiger partial charge in [-0.25, -0.2) is 0 Å². The number of hydrogen-bond acceptors (Lipinski definition) is 4. The van der Waals surface area contributed by atoms with Crippen LogP contribution in [0.25, 0.3) is 0 Å². The number of esters is 1. The van der Waals surface area contributed by atoms with Crippen LogP contribution in [0, 0.1) is 20.8 Å². The molecule has 0 N–H and O–H groups in total. The Hall–Kier alpha value is -2.49. The lowest BCUT2D eigenvalue weighted by molar-refractivity contribution is -0.145. The summed E-state index contributed by atoms with van der Waals surface area (Å²) in [4.78, 5) is 11.8. The van der Waals surface area contributed by atoms with Gasteiger partial charge in [0.2, 0.25) is 0 Å². The van der Waals surface area contributed by atoms with E-state index in [0.717, 1.165) is 46.6 Å². The molecule has 3 rings (SSSR count). The van der Waals surface area contributed by atoms with Crippen molar-refractivity contribution in [3.63, 3.8) is 0 Å². The van der Waals surface area contributed by atoms with Crippen LogP contribution in [0.2, 0.25) is 0 Å². The second-order valence-electron chi connectivity index (χ2n) is 7.59. The number of carbonyl (C=O) groups is 1. The SMILES string of the molecule is COC(=O)CC1(C)CCc2c(C)c(OCc3ccccc3)c(C)c(C)c2O1. The molecule has 144 valence electrons. The minimum atomic E-state index is -0.532. The Bertz CT molecular complexity index is 841. The molecule has 4 nitrogen and oxygen atoms in total. The average Bonchev–Trinajstić information content (AvgIpc) is 2.66. The van der Waals surface area contributed by atoms with Crippen molar-refractivity contribution in [3.8, 4) is 11.5 Å². The number of rotatable bonds is 5. The Morgan fingerprint density at radius 1 is 1.11 bits per heavy atom. The molecule has 27 heavy (non-hydrogen) atoms. The summed E-state index contributed by atoms with van der Waals surface area (Å²) in [6, 6.07) is 10.2. The van der Waals surface area contributed by atoms with Crippen LogP contribution in [-0.4, -0.2) is 18.7 Å². The fraction of sp³-hybridized carbons (Fsp3) is 0.435. The van der Waals surface area contributed by atoms with Gasteiger partial charge in [0.1, 0.15) is 23.7 Å². The van der Waals surface area contributed by atoms with Gasteiger partial charge < -0.3 is 14.2 Å². The van der Waals surface area contributed by atoms with E-state index in [9.17, 15) is 4.79 Å². The number of benzene rings is 2. The lowest BCUT2D eigenvalue weighted by Crippen LogP contribution is -2.39. The number of carbonyl (C=O) groups excluding carboxylic acids is 1. The molecular weight excluding hydrogens is 340 g/mol. The molecule has 0 amide bonds. The molecule has 0 radical (unpaired) electrons. The third-order valence-corrected chi connectivity index (χ3v) is 5.54. The van der Waals surface area contributed by atoms with Crippen LogP contribution >= 0.6 is 0 Å². The molecule has 0 aliphatic carbocycles. The van der Waals surface area contributed by atoms with E-state index in [0.29, 0.717) is 6.61 Å². The van der Waals surface area contributed by atoms with Gasteiger partial charge in [-0.15, -0.1) is 0 Å². The molecule has 0 bridgehead atoms. The third-order valence-electron chi connectivity index (χ3n) is 5.54. The summed E-state index contributed by atoms with van der Waals surface area (Å²) in [6.07, 6.45) is 1.89. The fourth-order valence-corrected chi connectivity index (χ4v) is 3.73. The molecule has 0 saturated carbocycles. The highest BCUT2D eigenvalue weighted by Gasteiger charge is 2.37. The predicted octanol–water partition coefficient (Wildman–Crippen LogP) is 4.84. The summed E-state index contributed by atoms with van der Waals surface area (Å²) in [5.41, 5.74) is 5.09. The largest absolute Gasteiger partial charge is 0.488 e. The lowest BCUT2D eigenvalue weighted by Gasteiger charge is -2.37. The van der Waals surface area contributed by atoms with E-state index in [1.54, 1.807) is 0 Å². The molecule has 0 fully saturated rings. The second-order valence-corrected chi connectivity index (χ2v) is 7.59. The van der Waals surface area contributed by atoms with Crippen molar-refractivity contribution in [2.45, 2.75) is 59.2 Å². The highest BCUT2D eigenvalue weighted by molar-refractivity contribution is 5.71. The van der Waals surface area contributed by atoms with Crippen molar-refractivity contribution in [2.75, 3.05) is 7.11 Å². The maximum absolute atomic E-state index is 11.8. The van der Waals surface area contributed by atoms with Gasteiger partial charge >= 0.3 is 5.97 Å². The zero-order valence-corrected chi connectivity index (χ0v) is 16.8. The van der Waals surface area contributed by atoms with Gasteiger partial charge in [-0.3, -0.25) is 4.79 Å². The standard InChI is InChI=1S/C23H28O4/c1-15-16(2)22-19(11-12-23(4,27-22)13-20(24)25-5)17(3)21(15)26-14-18-9-7-6-8-10-18/h6-10H,11-14H2,1-5H3. The summed E-state index contributed by atoms with van der Waals surface area (Å²) in [6.45, 7) is 8.75. The van der Waals surface area contributed by atoms with Crippen LogP contribution < -0.4 is 9.47 Å². The first kappa shape index (κ1) is 19.3. The van der Waals surface area contributed by atoms with Crippen molar-refractivity contribution < 1.29 is 19.0 Å². The Balaban J connectivity index is 1.89. The van der Waals surface area contributed by atoms with Gasteiger partial charge in [0.15, 0.2) is 0 Å². The Morgan fingerprint density at radius 3 is 2.48 bits per heavy atom. The maximum Gasteiger partial charge on any atom is 0.309 e. The van der Waals surface area contributed by atoms with Crippen LogP contribution in [-0.2, 0) is 22.6 Å². The van der Waals surface area contributed by atoms with Crippen LogP contribution in [0.5, 0.6) is 11.5 Å². The van der Waals surface area contributed by atoms with E-state index < -0.39 is 5.60 Å². The van der Waals surface area contributed by atoms with Gasteiger partial charge in [0.25, 0.3) is 0 Å². The minimum Gasteiger partial charge on any atom is -0.488 e. The summed E-state index contributed by atoms with van der Waals surface area (Å²) < 4.78 is 17.4.